The average Bonchev–Trinajstić information content (AvgIpc) is 3.62. The van der Waals surface area contributed by atoms with Crippen LogP contribution in [-0.4, -0.2) is 44.4 Å². The number of pyridine rings is 1. The Hall–Kier alpha value is -2.95. The summed E-state index contributed by atoms with van der Waals surface area (Å²) >= 11 is 8.78. The standard InChI is InChI=1S/C26H21ClN4O4S2/c27-12-3-5-13(6-4-12)29-16(32)10-31-24(33)19-14-8-15(20(19)25(31)34)21-18(14)17(11-2-1-7-28-9-11)22-23(36-21)30-26(35)37-22/h1-7,9,14-15,17-21H,8,10H2,(H,29,32)(H,30,35). The summed E-state index contributed by atoms with van der Waals surface area (Å²) in [6.45, 7) is -0.304. The number of aromatic nitrogens is 2. The molecule has 0 radical (unpaired) electrons. The van der Waals surface area contributed by atoms with Crippen LogP contribution in [-0.2, 0) is 14.4 Å². The molecule has 4 aliphatic rings. The van der Waals surface area contributed by atoms with Crippen molar-refractivity contribution in [2.24, 2.45) is 29.6 Å². The minimum Gasteiger partial charge on any atom is -0.325 e. The normalized spacial score (nSPS) is 31.3. The van der Waals surface area contributed by atoms with E-state index in [1.807, 2.05) is 18.3 Å². The highest BCUT2D eigenvalue weighted by molar-refractivity contribution is 8.00. The third-order valence-corrected chi connectivity index (χ3v) is 11.1. The van der Waals surface area contributed by atoms with Gasteiger partial charge in [-0.2, -0.15) is 0 Å². The van der Waals surface area contributed by atoms with Crippen molar-refractivity contribution in [2.45, 2.75) is 22.6 Å². The van der Waals surface area contributed by atoms with Gasteiger partial charge in [-0.3, -0.25) is 29.1 Å². The number of hydrogen-bond acceptors (Lipinski definition) is 7. The molecule has 7 unspecified atom stereocenters. The number of benzene rings is 1. The van der Waals surface area contributed by atoms with Gasteiger partial charge in [0, 0.05) is 39.1 Å². The molecule has 2 aliphatic heterocycles. The molecule has 3 aromatic rings. The van der Waals surface area contributed by atoms with Crippen molar-refractivity contribution in [1.29, 1.82) is 0 Å². The Bertz CT molecular complexity index is 1490. The topological polar surface area (TPSA) is 112 Å². The summed E-state index contributed by atoms with van der Waals surface area (Å²) in [6, 6.07) is 10.6. The number of likely N-dealkylation sites (tertiary alicyclic amines) is 1. The van der Waals surface area contributed by atoms with Crippen molar-refractivity contribution in [3.63, 3.8) is 0 Å². The summed E-state index contributed by atoms with van der Waals surface area (Å²) in [5.41, 5.74) is 1.57. The monoisotopic (exact) mass is 552 g/mol. The molecule has 7 rings (SSSR count). The molecule has 1 saturated heterocycles. The summed E-state index contributed by atoms with van der Waals surface area (Å²) in [5.74, 6) is -1.71. The van der Waals surface area contributed by atoms with Crippen LogP contribution in [0.3, 0.4) is 0 Å². The predicted molar refractivity (Wildman–Crippen MR) is 140 cm³/mol. The summed E-state index contributed by atoms with van der Waals surface area (Å²) < 4.78 is 0. The van der Waals surface area contributed by atoms with Crippen molar-refractivity contribution in [3.8, 4) is 0 Å². The Morgan fingerprint density at radius 1 is 1.11 bits per heavy atom. The Morgan fingerprint density at radius 3 is 2.59 bits per heavy atom. The van der Waals surface area contributed by atoms with E-state index in [4.69, 9.17) is 11.6 Å². The number of fused-ring (bicyclic) bond motifs is 9. The van der Waals surface area contributed by atoms with Gasteiger partial charge in [-0.1, -0.05) is 29.0 Å². The molecular weight excluding hydrogens is 532 g/mol. The van der Waals surface area contributed by atoms with Crippen LogP contribution in [0, 0.1) is 29.6 Å². The first-order valence-electron chi connectivity index (χ1n) is 12.1. The van der Waals surface area contributed by atoms with Crippen LogP contribution in [0.15, 0.2) is 58.6 Å². The van der Waals surface area contributed by atoms with Crippen molar-refractivity contribution in [1.82, 2.24) is 14.9 Å². The lowest BCUT2D eigenvalue weighted by Crippen LogP contribution is -2.42. The first-order valence-corrected chi connectivity index (χ1v) is 14.2. The zero-order valence-electron chi connectivity index (χ0n) is 19.3. The van der Waals surface area contributed by atoms with Gasteiger partial charge >= 0.3 is 4.87 Å². The van der Waals surface area contributed by atoms with Crippen molar-refractivity contribution >= 4 is 58.1 Å². The number of halogens is 1. The molecule has 188 valence electrons. The van der Waals surface area contributed by atoms with Gasteiger partial charge in [0.25, 0.3) is 0 Å². The van der Waals surface area contributed by atoms with E-state index in [9.17, 15) is 19.2 Å². The number of rotatable bonds is 4. The lowest BCUT2D eigenvalue weighted by Gasteiger charge is -2.42. The first kappa shape index (κ1) is 23.2. The quantitative estimate of drug-likeness (QED) is 0.478. The fraction of sp³-hybridized carbons (Fsp3) is 0.346. The van der Waals surface area contributed by atoms with E-state index in [0.29, 0.717) is 10.7 Å². The van der Waals surface area contributed by atoms with Crippen LogP contribution in [0.4, 0.5) is 5.69 Å². The smallest absolute Gasteiger partial charge is 0.305 e. The molecule has 2 aromatic heterocycles. The third-order valence-electron chi connectivity index (χ3n) is 8.29. The van der Waals surface area contributed by atoms with Crippen molar-refractivity contribution < 1.29 is 14.4 Å². The molecule has 2 saturated carbocycles. The van der Waals surface area contributed by atoms with E-state index in [1.54, 1.807) is 42.2 Å². The number of nitrogens with one attached hydrogen (secondary N) is 2. The zero-order valence-corrected chi connectivity index (χ0v) is 21.7. The second-order valence-electron chi connectivity index (χ2n) is 10.1. The molecule has 4 heterocycles. The maximum absolute atomic E-state index is 13.6. The lowest BCUT2D eigenvalue weighted by atomic mass is 9.68. The fourth-order valence-corrected chi connectivity index (χ4v) is 10.1. The second-order valence-corrected chi connectivity index (χ2v) is 12.7. The van der Waals surface area contributed by atoms with E-state index in [1.165, 1.54) is 11.3 Å². The van der Waals surface area contributed by atoms with Gasteiger partial charge < -0.3 is 10.3 Å². The molecule has 37 heavy (non-hydrogen) atoms. The second kappa shape index (κ2) is 8.54. The highest BCUT2D eigenvalue weighted by atomic mass is 35.5. The Kier molecular flexibility index (Phi) is 5.35. The number of amides is 3. The van der Waals surface area contributed by atoms with Crippen LogP contribution in [0.2, 0.25) is 5.02 Å². The van der Waals surface area contributed by atoms with E-state index in [0.717, 1.165) is 26.8 Å². The Morgan fingerprint density at radius 2 is 1.86 bits per heavy atom. The summed E-state index contributed by atoms with van der Waals surface area (Å²) in [4.78, 5) is 61.6. The molecule has 8 nitrogen and oxygen atoms in total. The number of carbonyl (C=O) groups excluding carboxylic acids is 3. The van der Waals surface area contributed by atoms with Gasteiger partial charge in [0.15, 0.2) is 0 Å². The Balaban J connectivity index is 1.18. The average molecular weight is 553 g/mol. The van der Waals surface area contributed by atoms with Crippen LogP contribution in [0.5, 0.6) is 0 Å². The fourth-order valence-electron chi connectivity index (χ4n) is 7.04. The zero-order chi connectivity index (χ0) is 25.4. The molecular formula is C26H21ClN4O4S2. The van der Waals surface area contributed by atoms with Gasteiger partial charge in [-0.25, -0.2) is 0 Å². The number of thiazole rings is 1. The van der Waals surface area contributed by atoms with Crippen LogP contribution < -0.4 is 10.2 Å². The molecule has 7 atom stereocenters. The molecule has 11 heteroatoms. The van der Waals surface area contributed by atoms with E-state index < -0.39 is 17.7 Å². The molecule has 3 amide bonds. The summed E-state index contributed by atoms with van der Waals surface area (Å²) in [7, 11) is 0. The van der Waals surface area contributed by atoms with Crippen molar-refractivity contribution in [3.05, 3.63) is 73.9 Å². The molecule has 3 fully saturated rings. The van der Waals surface area contributed by atoms with Gasteiger partial charge in [-0.15, -0.1) is 11.8 Å². The number of hydrogen-bond donors (Lipinski definition) is 2. The van der Waals surface area contributed by atoms with Crippen molar-refractivity contribution in [2.75, 3.05) is 11.9 Å². The molecule has 0 spiro atoms. The van der Waals surface area contributed by atoms with E-state index in [-0.39, 0.29) is 52.2 Å². The lowest BCUT2D eigenvalue weighted by molar-refractivity contribution is -0.143. The number of carbonyl (C=O) groups is 3. The number of anilines is 1. The number of imide groups is 1. The highest BCUT2D eigenvalue weighted by Gasteiger charge is 2.69. The predicted octanol–water partition coefficient (Wildman–Crippen LogP) is 3.60. The maximum Gasteiger partial charge on any atom is 0.305 e. The molecule has 2 bridgehead atoms. The first-order chi connectivity index (χ1) is 17.9. The highest BCUT2D eigenvalue weighted by Crippen LogP contribution is 2.68. The van der Waals surface area contributed by atoms with Gasteiger partial charge in [0.05, 0.1) is 16.9 Å². The third kappa shape index (κ3) is 3.53. The minimum atomic E-state index is -0.431. The van der Waals surface area contributed by atoms with Crippen LogP contribution in [0.1, 0.15) is 22.8 Å². The SMILES string of the molecule is O=C(CN1C(=O)C2C3CC(C2C1=O)C1C(c2cccnc2)c2sc(=O)[nH]c2SC31)Nc1ccc(Cl)cc1. The van der Waals surface area contributed by atoms with Gasteiger partial charge in [-0.05, 0) is 60.1 Å². The van der Waals surface area contributed by atoms with E-state index >= 15 is 0 Å². The minimum absolute atomic E-state index is 0.00355. The summed E-state index contributed by atoms with van der Waals surface area (Å²) in [5, 5.41) is 4.27. The number of aromatic amines is 1. The Labute approximate surface area is 224 Å². The maximum atomic E-state index is 13.6. The van der Waals surface area contributed by atoms with E-state index in [2.05, 4.69) is 15.3 Å². The van der Waals surface area contributed by atoms with Crippen LogP contribution in [0.25, 0.3) is 0 Å². The largest absolute Gasteiger partial charge is 0.325 e. The number of thioether (sulfide) groups is 1. The number of nitrogens with zero attached hydrogens (tertiary/aromatic N) is 2. The van der Waals surface area contributed by atoms with Crippen LogP contribution >= 0.6 is 34.7 Å². The molecule has 2 N–H and O–H groups in total. The van der Waals surface area contributed by atoms with Gasteiger partial charge in [0.2, 0.25) is 17.7 Å². The number of H-pyrrole nitrogens is 1. The van der Waals surface area contributed by atoms with Gasteiger partial charge in [0.1, 0.15) is 6.54 Å². The molecule has 2 aliphatic carbocycles. The molecule has 1 aromatic carbocycles. The summed E-state index contributed by atoms with van der Waals surface area (Å²) in [6.07, 6.45) is 4.36.